The van der Waals surface area contributed by atoms with Crippen molar-refractivity contribution in [3.05, 3.63) is 29.3 Å². The summed E-state index contributed by atoms with van der Waals surface area (Å²) in [7, 11) is 0.770. The highest BCUT2D eigenvalue weighted by Crippen LogP contribution is 2.37. The second-order valence-corrected chi connectivity index (χ2v) is 9.92. The summed E-state index contributed by atoms with van der Waals surface area (Å²) in [6.45, 7) is 13.6. The molecule has 0 aromatic heterocycles. The number of hydrogen-bond donors (Lipinski definition) is 0. The van der Waals surface area contributed by atoms with Crippen LogP contribution in [0.15, 0.2) is 18.2 Å². The maximum atomic E-state index is 12.9. The molecule has 3 rings (SSSR count). The van der Waals surface area contributed by atoms with Crippen molar-refractivity contribution in [2.45, 2.75) is 84.3 Å². The molecule has 0 aliphatic carbocycles. The highest BCUT2D eigenvalue weighted by Gasteiger charge is 2.53. The smallest absolute Gasteiger partial charge is 0.467 e. The van der Waals surface area contributed by atoms with Crippen molar-refractivity contribution >= 4 is 24.6 Å². The van der Waals surface area contributed by atoms with E-state index < -0.39 is 42.0 Å². The standard InChI is InChI=1S/C22H32BNO6/c1-20(2,3)28-19(26)24-13-15-14(12-17(24)18(25)27-8)10-9-11-16(15)23-29-21(4,5)22(6,7)30-23/h9-11,17H,12-13H2,1-8H3. The quantitative estimate of drug-likeness (QED) is 0.544. The van der Waals surface area contributed by atoms with Gasteiger partial charge in [-0.15, -0.1) is 0 Å². The number of esters is 1. The van der Waals surface area contributed by atoms with Gasteiger partial charge in [-0.05, 0) is 65.1 Å². The Bertz CT molecular complexity index is 829. The number of carbonyl (C=O) groups is 2. The lowest BCUT2D eigenvalue weighted by atomic mass is 9.73. The monoisotopic (exact) mass is 417 g/mol. The lowest BCUT2D eigenvalue weighted by Gasteiger charge is -2.37. The summed E-state index contributed by atoms with van der Waals surface area (Å²) < 4.78 is 23.0. The van der Waals surface area contributed by atoms with Crippen molar-refractivity contribution < 1.29 is 28.4 Å². The van der Waals surface area contributed by atoms with Crippen molar-refractivity contribution in [2.75, 3.05) is 7.11 Å². The molecule has 1 atom stereocenters. The van der Waals surface area contributed by atoms with Gasteiger partial charge in [0.25, 0.3) is 0 Å². The largest absolute Gasteiger partial charge is 0.495 e. The van der Waals surface area contributed by atoms with Crippen molar-refractivity contribution in [1.82, 2.24) is 4.90 Å². The van der Waals surface area contributed by atoms with Crippen molar-refractivity contribution in [3.8, 4) is 0 Å². The molecular weight excluding hydrogens is 385 g/mol. The maximum Gasteiger partial charge on any atom is 0.495 e. The Morgan fingerprint density at radius 2 is 1.73 bits per heavy atom. The van der Waals surface area contributed by atoms with E-state index >= 15 is 0 Å². The van der Waals surface area contributed by atoms with Gasteiger partial charge in [-0.3, -0.25) is 4.90 Å². The van der Waals surface area contributed by atoms with Gasteiger partial charge in [-0.1, -0.05) is 18.2 Å². The SMILES string of the molecule is COC(=O)C1Cc2cccc(B3OC(C)(C)C(C)(C)O3)c2CN1C(=O)OC(C)(C)C. The van der Waals surface area contributed by atoms with Gasteiger partial charge in [0.2, 0.25) is 0 Å². The molecule has 1 fully saturated rings. The summed E-state index contributed by atoms with van der Waals surface area (Å²) in [4.78, 5) is 26.8. The molecule has 0 bridgehead atoms. The summed E-state index contributed by atoms with van der Waals surface area (Å²) in [5, 5.41) is 0. The number of methoxy groups -OCH3 is 1. The number of rotatable bonds is 2. The normalized spacial score (nSPS) is 22.5. The fourth-order valence-corrected chi connectivity index (χ4v) is 3.69. The maximum absolute atomic E-state index is 12.9. The van der Waals surface area contributed by atoms with Crippen LogP contribution in [-0.4, -0.2) is 54.0 Å². The Hall–Kier alpha value is -2.06. The first-order valence-corrected chi connectivity index (χ1v) is 10.3. The minimum atomic E-state index is -0.745. The summed E-state index contributed by atoms with van der Waals surface area (Å²) >= 11 is 0. The number of carbonyl (C=O) groups excluding carboxylic acids is 2. The highest BCUT2D eigenvalue weighted by atomic mass is 16.7. The summed E-state index contributed by atoms with van der Waals surface area (Å²) in [6, 6.07) is 5.10. The first-order valence-electron chi connectivity index (χ1n) is 10.3. The Morgan fingerprint density at radius 1 is 1.13 bits per heavy atom. The Morgan fingerprint density at radius 3 is 2.27 bits per heavy atom. The van der Waals surface area contributed by atoms with Crippen LogP contribution in [0.25, 0.3) is 0 Å². The minimum absolute atomic E-state index is 0.213. The van der Waals surface area contributed by atoms with E-state index in [0.717, 1.165) is 16.6 Å². The van der Waals surface area contributed by atoms with Gasteiger partial charge in [0.05, 0.1) is 18.3 Å². The van der Waals surface area contributed by atoms with Crippen molar-refractivity contribution in [2.24, 2.45) is 0 Å². The predicted molar refractivity (Wildman–Crippen MR) is 113 cm³/mol. The fourth-order valence-electron chi connectivity index (χ4n) is 3.69. The fraction of sp³-hybridized carbons (Fsp3) is 0.636. The Kier molecular flexibility index (Phi) is 5.71. The number of benzene rings is 1. The highest BCUT2D eigenvalue weighted by molar-refractivity contribution is 6.62. The molecule has 8 heteroatoms. The van der Waals surface area contributed by atoms with Crippen LogP contribution in [0.5, 0.6) is 0 Å². The summed E-state index contributed by atoms with van der Waals surface area (Å²) in [5.74, 6) is -0.465. The number of ether oxygens (including phenoxy) is 2. The molecule has 0 saturated carbocycles. The van der Waals surface area contributed by atoms with E-state index in [-0.39, 0.29) is 6.54 Å². The average molecular weight is 417 g/mol. The third-order valence-electron chi connectivity index (χ3n) is 6.04. The molecule has 7 nitrogen and oxygen atoms in total. The molecule has 0 N–H and O–H groups in total. The second kappa shape index (κ2) is 7.57. The lowest BCUT2D eigenvalue weighted by molar-refractivity contribution is -0.147. The first kappa shape index (κ1) is 22.6. The van der Waals surface area contributed by atoms with Crippen LogP contribution in [0, 0.1) is 0 Å². The van der Waals surface area contributed by atoms with E-state index in [1.165, 1.54) is 12.0 Å². The van der Waals surface area contributed by atoms with Crippen LogP contribution in [0.3, 0.4) is 0 Å². The third kappa shape index (κ3) is 4.21. The molecule has 1 aromatic carbocycles. The zero-order valence-corrected chi connectivity index (χ0v) is 19.2. The van der Waals surface area contributed by atoms with Crippen LogP contribution in [-0.2, 0) is 36.5 Å². The molecule has 1 unspecified atom stereocenters. The zero-order chi connectivity index (χ0) is 22.5. The average Bonchev–Trinajstić information content (AvgIpc) is 2.85. The Labute approximate surface area is 179 Å². The van der Waals surface area contributed by atoms with E-state index in [1.54, 1.807) is 20.8 Å². The second-order valence-electron chi connectivity index (χ2n) is 9.92. The van der Waals surface area contributed by atoms with E-state index in [9.17, 15) is 9.59 Å². The number of amides is 1. The summed E-state index contributed by atoms with van der Waals surface area (Å²) in [6.07, 6.45) is -0.207. The molecule has 2 heterocycles. The molecule has 1 amide bonds. The molecular formula is C22H32BNO6. The molecule has 0 radical (unpaired) electrons. The van der Waals surface area contributed by atoms with E-state index in [4.69, 9.17) is 18.8 Å². The number of nitrogens with zero attached hydrogens (tertiary/aromatic N) is 1. The molecule has 2 aliphatic heterocycles. The topological polar surface area (TPSA) is 74.3 Å². The van der Waals surface area contributed by atoms with Crippen LogP contribution >= 0.6 is 0 Å². The van der Waals surface area contributed by atoms with Gasteiger partial charge in [0, 0.05) is 13.0 Å². The number of hydrogen-bond acceptors (Lipinski definition) is 6. The molecule has 2 aliphatic rings. The number of fused-ring (bicyclic) bond motifs is 1. The van der Waals surface area contributed by atoms with Gasteiger partial charge in [0.15, 0.2) is 0 Å². The van der Waals surface area contributed by atoms with E-state index in [0.29, 0.717) is 6.42 Å². The van der Waals surface area contributed by atoms with Gasteiger partial charge in [-0.2, -0.15) is 0 Å². The van der Waals surface area contributed by atoms with E-state index in [2.05, 4.69) is 0 Å². The molecule has 164 valence electrons. The molecule has 1 saturated heterocycles. The zero-order valence-electron chi connectivity index (χ0n) is 19.2. The van der Waals surface area contributed by atoms with Crippen LogP contribution < -0.4 is 5.46 Å². The lowest BCUT2D eigenvalue weighted by Crippen LogP contribution is -2.52. The third-order valence-corrected chi connectivity index (χ3v) is 6.04. The predicted octanol–water partition coefficient (Wildman–Crippen LogP) is 2.82. The molecule has 1 aromatic rings. The Balaban J connectivity index is 1.98. The van der Waals surface area contributed by atoms with Crippen LogP contribution in [0.2, 0.25) is 0 Å². The molecule has 0 spiro atoms. The minimum Gasteiger partial charge on any atom is -0.467 e. The first-order chi connectivity index (χ1) is 13.8. The van der Waals surface area contributed by atoms with Gasteiger partial charge in [-0.25, -0.2) is 9.59 Å². The van der Waals surface area contributed by atoms with Gasteiger partial charge >= 0.3 is 19.2 Å². The van der Waals surface area contributed by atoms with Gasteiger partial charge in [0.1, 0.15) is 11.6 Å². The van der Waals surface area contributed by atoms with Crippen molar-refractivity contribution in [3.63, 3.8) is 0 Å². The van der Waals surface area contributed by atoms with E-state index in [1.807, 2.05) is 45.9 Å². The van der Waals surface area contributed by atoms with Crippen LogP contribution in [0.1, 0.15) is 59.6 Å². The van der Waals surface area contributed by atoms with Crippen LogP contribution in [0.4, 0.5) is 4.79 Å². The van der Waals surface area contributed by atoms with Crippen molar-refractivity contribution in [1.29, 1.82) is 0 Å². The summed E-state index contributed by atoms with van der Waals surface area (Å²) in [5.41, 5.74) is 1.12. The van der Waals surface area contributed by atoms with Gasteiger partial charge < -0.3 is 18.8 Å². The molecule has 30 heavy (non-hydrogen) atoms.